The number of ether oxygens (including phenoxy) is 1. The second-order valence-corrected chi connectivity index (χ2v) is 5.04. The van der Waals surface area contributed by atoms with E-state index in [-0.39, 0.29) is 30.8 Å². The summed E-state index contributed by atoms with van der Waals surface area (Å²) in [5, 5.41) is 21.9. The molecule has 108 valence electrons. The lowest BCUT2D eigenvalue weighted by Gasteiger charge is -2.26. The Labute approximate surface area is 111 Å². The molecule has 2 rings (SSSR count). The number of nitrogens with zero attached hydrogens (tertiary/aromatic N) is 1. The SMILES string of the molecule is CCNC1COCC1C(=O)N1C[C@H](O)C[C@@H]1C(=O)O. The molecule has 2 aliphatic rings. The van der Waals surface area contributed by atoms with Crippen LogP contribution >= 0.6 is 0 Å². The Balaban J connectivity index is 2.07. The van der Waals surface area contributed by atoms with Gasteiger partial charge < -0.3 is 25.2 Å². The Hall–Kier alpha value is -1.18. The van der Waals surface area contributed by atoms with Gasteiger partial charge in [0.1, 0.15) is 6.04 Å². The molecule has 0 aromatic heterocycles. The molecule has 2 heterocycles. The molecule has 0 aliphatic carbocycles. The average Bonchev–Trinajstić information content (AvgIpc) is 2.95. The lowest BCUT2D eigenvalue weighted by atomic mass is 10.0. The molecule has 0 radical (unpaired) electrons. The molecule has 0 saturated carbocycles. The van der Waals surface area contributed by atoms with Crippen LogP contribution in [0, 0.1) is 5.92 Å². The zero-order chi connectivity index (χ0) is 14.0. The molecule has 7 nitrogen and oxygen atoms in total. The van der Waals surface area contributed by atoms with E-state index in [1.165, 1.54) is 4.90 Å². The molecular formula is C12H20N2O5. The van der Waals surface area contributed by atoms with E-state index < -0.39 is 18.1 Å². The Bertz CT molecular complexity index is 362. The first-order chi connectivity index (χ1) is 9.04. The summed E-state index contributed by atoms with van der Waals surface area (Å²) in [7, 11) is 0. The monoisotopic (exact) mass is 272 g/mol. The number of carbonyl (C=O) groups is 2. The maximum absolute atomic E-state index is 12.4. The number of nitrogens with one attached hydrogen (secondary N) is 1. The highest BCUT2D eigenvalue weighted by molar-refractivity contribution is 5.86. The molecule has 19 heavy (non-hydrogen) atoms. The number of carboxylic acids is 1. The molecule has 0 spiro atoms. The van der Waals surface area contributed by atoms with Crippen molar-refractivity contribution in [3.05, 3.63) is 0 Å². The van der Waals surface area contributed by atoms with E-state index in [1.807, 2.05) is 6.92 Å². The van der Waals surface area contributed by atoms with E-state index in [0.29, 0.717) is 13.2 Å². The van der Waals surface area contributed by atoms with Crippen molar-refractivity contribution >= 4 is 11.9 Å². The van der Waals surface area contributed by atoms with E-state index >= 15 is 0 Å². The van der Waals surface area contributed by atoms with Gasteiger partial charge in [0.15, 0.2) is 0 Å². The molecule has 2 fully saturated rings. The van der Waals surface area contributed by atoms with Gasteiger partial charge in [-0.05, 0) is 6.54 Å². The average molecular weight is 272 g/mol. The molecule has 0 aromatic carbocycles. The van der Waals surface area contributed by atoms with Crippen molar-refractivity contribution in [1.29, 1.82) is 0 Å². The van der Waals surface area contributed by atoms with E-state index in [4.69, 9.17) is 9.84 Å². The van der Waals surface area contributed by atoms with E-state index in [9.17, 15) is 14.7 Å². The molecule has 2 saturated heterocycles. The van der Waals surface area contributed by atoms with Crippen LogP contribution in [0.2, 0.25) is 0 Å². The Morgan fingerprint density at radius 2 is 2.16 bits per heavy atom. The number of carbonyl (C=O) groups excluding carboxylic acids is 1. The number of aliphatic hydroxyl groups excluding tert-OH is 1. The van der Waals surface area contributed by atoms with Crippen molar-refractivity contribution in [2.24, 2.45) is 5.92 Å². The summed E-state index contributed by atoms with van der Waals surface area (Å²) < 4.78 is 5.31. The minimum absolute atomic E-state index is 0.0790. The lowest BCUT2D eigenvalue weighted by Crippen LogP contribution is -2.49. The molecule has 4 atom stereocenters. The van der Waals surface area contributed by atoms with Crippen LogP contribution in [0.15, 0.2) is 0 Å². The highest BCUT2D eigenvalue weighted by atomic mass is 16.5. The van der Waals surface area contributed by atoms with Gasteiger partial charge in [-0.15, -0.1) is 0 Å². The number of hydrogen-bond acceptors (Lipinski definition) is 5. The van der Waals surface area contributed by atoms with Gasteiger partial charge in [-0.3, -0.25) is 4.79 Å². The largest absolute Gasteiger partial charge is 0.480 e. The van der Waals surface area contributed by atoms with Crippen LogP contribution in [0.5, 0.6) is 0 Å². The Morgan fingerprint density at radius 3 is 2.79 bits per heavy atom. The molecule has 0 bridgehead atoms. The highest BCUT2D eigenvalue weighted by Crippen LogP contribution is 2.24. The van der Waals surface area contributed by atoms with E-state index in [2.05, 4.69) is 5.32 Å². The summed E-state index contributed by atoms with van der Waals surface area (Å²) in [6.07, 6.45) is -0.662. The number of aliphatic hydroxyl groups is 1. The number of likely N-dealkylation sites (tertiary alicyclic amines) is 1. The van der Waals surface area contributed by atoms with Crippen molar-refractivity contribution in [2.75, 3.05) is 26.3 Å². The van der Waals surface area contributed by atoms with Crippen LogP contribution < -0.4 is 5.32 Å². The number of carboxylic acid groups (broad SMARTS) is 1. The van der Waals surface area contributed by atoms with Crippen LogP contribution in [0.25, 0.3) is 0 Å². The summed E-state index contributed by atoms with van der Waals surface area (Å²) in [5.74, 6) is -1.68. The fourth-order valence-electron chi connectivity index (χ4n) is 2.77. The quantitative estimate of drug-likeness (QED) is 0.585. The van der Waals surface area contributed by atoms with Gasteiger partial charge >= 0.3 is 5.97 Å². The fraction of sp³-hybridized carbons (Fsp3) is 0.833. The minimum atomic E-state index is -1.07. The van der Waals surface area contributed by atoms with Crippen molar-refractivity contribution in [2.45, 2.75) is 31.5 Å². The topological polar surface area (TPSA) is 99.1 Å². The molecule has 2 unspecified atom stereocenters. The summed E-state index contributed by atoms with van der Waals surface area (Å²) in [6.45, 7) is 3.52. The molecule has 1 amide bonds. The first-order valence-electron chi connectivity index (χ1n) is 6.57. The highest BCUT2D eigenvalue weighted by Gasteiger charge is 2.44. The number of amides is 1. The maximum atomic E-state index is 12.4. The second kappa shape index (κ2) is 5.85. The number of likely N-dealkylation sites (N-methyl/N-ethyl adjacent to an activating group) is 1. The molecule has 0 aromatic rings. The van der Waals surface area contributed by atoms with Crippen molar-refractivity contribution in [1.82, 2.24) is 10.2 Å². The van der Waals surface area contributed by atoms with Crippen molar-refractivity contribution in [3.8, 4) is 0 Å². The van der Waals surface area contributed by atoms with Crippen LogP contribution in [0.4, 0.5) is 0 Å². The first kappa shape index (κ1) is 14.2. The zero-order valence-electron chi connectivity index (χ0n) is 10.9. The van der Waals surface area contributed by atoms with Crippen LogP contribution in [0.3, 0.4) is 0 Å². The summed E-state index contributed by atoms with van der Waals surface area (Å²) in [5.41, 5.74) is 0. The van der Waals surface area contributed by atoms with E-state index in [0.717, 1.165) is 6.54 Å². The van der Waals surface area contributed by atoms with Gasteiger partial charge in [-0.2, -0.15) is 0 Å². The lowest BCUT2D eigenvalue weighted by molar-refractivity contribution is -0.150. The second-order valence-electron chi connectivity index (χ2n) is 5.04. The van der Waals surface area contributed by atoms with Crippen molar-refractivity contribution in [3.63, 3.8) is 0 Å². The first-order valence-corrected chi connectivity index (χ1v) is 6.57. The predicted molar refractivity (Wildman–Crippen MR) is 65.5 cm³/mol. The third kappa shape index (κ3) is 2.88. The summed E-state index contributed by atoms with van der Waals surface area (Å²) in [4.78, 5) is 24.8. The van der Waals surface area contributed by atoms with Crippen molar-refractivity contribution < 1.29 is 24.5 Å². The third-order valence-corrected chi connectivity index (χ3v) is 3.71. The van der Waals surface area contributed by atoms with Crippen LogP contribution in [-0.4, -0.2) is 71.5 Å². The molecular weight excluding hydrogens is 252 g/mol. The molecule has 7 heteroatoms. The Morgan fingerprint density at radius 1 is 1.42 bits per heavy atom. The Kier molecular flexibility index (Phi) is 4.38. The molecule has 2 aliphatic heterocycles. The number of rotatable bonds is 4. The normalized spacial score (nSPS) is 34.7. The summed E-state index contributed by atoms with van der Waals surface area (Å²) in [6, 6.07) is -1.00. The van der Waals surface area contributed by atoms with Crippen LogP contribution in [-0.2, 0) is 14.3 Å². The predicted octanol–water partition coefficient (Wildman–Crippen LogP) is -1.34. The number of β-amino-alcohol motifs (C(OH)–C–C–N with tert-alkyl or cyclic N) is 1. The third-order valence-electron chi connectivity index (χ3n) is 3.71. The number of aliphatic carboxylic acids is 1. The molecule has 3 N–H and O–H groups in total. The van der Waals surface area contributed by atoms with Gasteiger partial charge in [0, 0.05) is 19.0 Å². The van der Waals surface area contributed by atoms with Gasteiger partial charge in [0.05, 0.1) is 25.2 Å². The fourth-order valence-corrected chi connectivity index (χ4v) is 2.77. The van der Waals surface area contributed by atoms with E-state index in [1.54, 1.807) is 0 Å². The van der Waals surface area contributed by atoms with Gasteiger partial charge in [-0.25, -0.2) is 4.79 Å². The standard InChI is InChI=1S/C12H20N2O5/c1-2-13-9-6-19-5-8(9)11(16)14-4-7(15)3-10(14)12(17)18/h7-10,13,15H,2-6H2,1H3,(H,17,18)/t7-,8?,9?,10-/m1/s1. The summed E-state index contributed by atoms with van der Waals surface area (Å²) >= 11 is 0. The zero-order valence-corrected chi connectivity index (χ0v) is 10.9. The van der Waals surface area contributed by atoms with Gasteiger partial charge in [0.25, 0.3) is 0 Å². The van der Waals surface area contributed by atoms with Crippen LogP contribution in [0.1, 0.15) is 13.3 Å². The van der Waals surface area contributed by atoms with Gasteiger partial charge in [-0.1, -0.05) is 6.92 Å². The maximum Gasteiger partial charge on any atom is 0.326 e. The van der Waals surface area contributed by atoms with Gasteiger partial charge in [0.2, 0.25) is 5.91 Å². The smallest absolute Gasteiger partial charge is 0.326 e. The minimum Gasteiger partial charge on any atom is -0.480 e. The number of hydrogen-bond donors (Lipinski definition) is 3.